The molecule has 0 atom stereocenters. The molecule has 1 aromatic carbocycles. The van der Waals surface area contributed by atoms with Gasteiger partial charge in [-0.25, -0.2) is 0 Å². The SMILES string of the molecule is CCCCCn1cc(C(=O)NC23CC4CC(CC(C4)C2)C3)c2ccc(Br)cc21. The first-order chi connectivity index (χ1) is 13.5. The first-order valence-electron chi connectivity index (χ1n) is 11.2. The van der Waals surface area contributed by atoms with Crippen molar-refractivity contribution < 1.29 is 4.79 Å². The molecule has 2 aromatic rings. The van der Waals surface area contributed by atoms with Gasteiger partial charge in [0.25, 0.3) is 5.91 Å². The molecule has 1 amide bonds. The predicted octanol–water partition coefficient (Wildman–Crippen LogP) is 6.29. The monoisotopic (exact) mass is 442 g/mol. The van der Waals surface area contributed by atoms with Crippen LogP contribution in [0.15, 0.2) is 28.9 Å². The average Bonchev–Trinajstić information content (AvgIpc) is 2.98. The highest BCUT2D eigenvalue weighted by molar-refractivity contribution is 9.10. The Kier molecular flexibility index (Phi) is 4.81. The molecule has 0 saturated heterocycles. The van der Waals surface area contributed by atoms with Crippen LogP contribution in [0.25, 0.3) is 10.9 Å². The van der Waals surface area contributed by atoms with Crippen LogP contribution in [0.4, 0.5) is 0 Å². The summed E-state index contributed by atoms with van der Waals surface area (Å²) >= 11 is 3.61. The van der Waals surface area contributed by atoms with Crippen molar-refractivity contribution in [3.05, 3.63) is 34.4 Å². The Balaban J connectivity index is 1.43. The van der Waals surface area contributed by atoms with Crippen LogP contribution in [0.3, 0.4) is 0 Å². The van der Waals surface area contributed by atoms with Crippen molar-refractivity contribution in [2.24, 2.45) is 17.8 Å². The molecule has 6 rings (SSSR count). The van der Waals surface area contributed by atoms with Crippen molar-refractivity contribution in [2.75, 3.05) is 0 Å². The van der Waals surface area contributed by atoms with Gasteiger partial charge in [0.2, 0.25) is 0 Å². The lowest BCUT2D eigenvalue weighted by molar-refractivity contribution is -0.0166. The zero-order chi connectivity index (χ0) is 19.3. The quantitative estimate of drug-likeness (QED) is 0.523. The highest BCUT2D eigenvalue weighted by Gasteiger charge is 2.51. The number of unbranched alkanes of at least 4 members (excludes halogenated alkanes) is 2. The lowest BCUT2D eigenvalue weighted by Gasteiger charge is -2.56. The van der Waals surface area contributed by atoms with Gasteiger partial charge in [0.15, 0.2) is 0 Å². The van der Waals surface area contributed by atoms with E-state index in [1.165, 1.54) is 56.9 Å². The van der Waals surface area contributed by atoms with Crippen molar-refractivity contribution in [3.8, 4) is 0 Å². The molecule has 4 aliphatic rings. The molecule has 4 aliphatic carbocycles. The molecule has 4 bridgehead atoms. The summed E-state index contributed by atoms with van der Waals surface area (Å²) in [6, 6.07) is 6.31. The fourth-order valence-corrected chi connectivity index (χ4v) is 7.08. The van der Waals surface area contributed by atoms with Gasteiger partial charge >= 0.3 is 0 Å². The number of fused-ring (bicyclic) bond motifs is 1. The molecular formula is C24H31BrN2O. The van der Waals surface area contributed by atoms with Crippen LogP contribution < -0.4 is 5.32 Å². The summed E-state index contributed by atoms with van der Waals surface area (Å²) in [6.45, 7) is 3.21. The molecule has 1 N–H and O–H groups in total. The highest BCUT2D eigenvalue weighted by atomic mass is 79.9. The van der Waals surface area contributed by atoms with Gasteiger partial charge in [0, 0.05) is 33.7 Å². The Hall–Kier alpha value is -1.29. The van der Waals surface area contributed by atoms with Crippen molar-refractivity contribution in [3.63, 3.8) is 0 Å². The number of aryl methyl sites for hydroxylation is 1. The number of hydrogen-bond acceptors (Lipinski definition) is 1. The van der Waals surface area contributed by atoms with Crippen LogP contribution >= 0.6 is 15.9 Å². The molecular weight excluding hydrogens is 412 g/mol. The molecule has 1 heterocycles. The topological polar surface area (TPSA) is 34.0 Å². The summed E-state index contributed by atoms with van der Waals surface area (Å²) in [5.41, 5.74) is 2.09. The highest BCUT2D eigenvalue weighted by Crippen LogP contribution is 2.55. The normalized spacial score (nSPS) is 30.9. The molecule has 4 heteroatoms. The van der Waals surface area contributed by atoms with Crippen molar-refractivity contribution in [1.29, 1.82) is 0 Å². The zero-order valence-electron chi connectivity index (χ0n) is 16.8. The minimum absolute atomic E-state index is 0.0673. The maximum absolute atomic E-state index is 13.4. The standard InChI is InChI=1S/C24H31BrN2O/c1-2-3-4-7-27-15-21(20-6-5-19(25)11-22(20)27)23(28)26-24-12-16-8-17(13-24)10-18(9-16)14-24/h5-6,11,15-18H,2-4,7-10,12-14H2,1H3,(H,26,28). The van der Waals surface area contributed by atoms with Crippen LogP contribution in [0.5, 0.6) is 0 Å². The third-order valence-corrected chi connectivity index (χ3v) is 8.00. The Morgan fingerprint density at radius 3 is 2.46 bits per heavy atom. The maximum atomic E-state index is 13.4. The zero-order valence-corrected chi connectivity index (χ0v) is 18.4. The first-order valence-corrected chi connectivity index (χ1v) is 12.0. The second-order valence-electron chi connectivity index (χ2n) is 9.76. The third-order valence-electron chi connectivity index (χ3n) is 7.51. The largest absolute Gasteiger partial charge is 0.347 e. The van der Waals surface area contributed by atoms with E-state index in [9.17, 15) is 4.79 Å². The fraction of sp³-hybridized carbons (Fsp3) is 0.625. The fourth-order valence-electron chi connectivity index (χ4n) is 6.74. The molecule has 4 fully saturated rings. The van der Waals surface area contributed by atoms with E-state index >= 15 is 0 Å². The van der Waals surface area contributed by atoms with Crippen LogP contribution in [0.2, 0.25) is 0 Å². The van der Waals surface area contributed by atoms with Gasteiger partial charge in [-0.2, -0.15) is 0 Å². The van der Waals surface area contributed by atoms with Gasteiger partial charge in [-0.1, -0.05) is 41.8 Å². The minimum atomic E-state index is 0.0673. The Labute approximate surface area is 176 Å². The van der Waals surface area contributed by atoms with E-state index in [4.69, 9.17) is 0 Å². The van der Waals surface area contributed by atoms with E-state index in [0.29, 0.717) is 0 Å². The van der Waals surface area contributed by atoms with Gasteiger partial charge < -0.3 is 9.88 Å². The van der Waals surface area contributed by atoms with Gasteiger partial charge in [-0.15, -0.1) is 0 Å². The molecule has 4 saturated carbocycles. The Morgan fingerprint density at radius 1 is 1.14 bits per heavy atom. The van der Waals surface area contributed by atoms with Crippen molar-refractivity contribution in [1.82, 2.24) is 9.88 Å². The number of nitrogens with one attached hydrogen (secondary N) is 1. The van der Waals surface area contributed by atoms with Crippen LogP contribution in [0.1, 0.15) is 75.1 Å². The van der Waals surface area contributed by atoms with Gasteiger partial charge in [-0.05, 0) is 74.8 Å². The van der Waals surface area contributed by atoms with Crippen LogP contribution in [-0.4, -0.2) is 16.0 Å². The minimum Gasteiger partial charge on any atom is -0.347 e. The van der Waals surface area contributed by atoms with Gasteiger partial charge in [0.05, 0.1) is 5.56 Å². The Morgan fingerprint density at radius 2 is 1.82 bits per heavy atom. The first kappa shape index (κ1) is 18.7. The third kappa shape index (κ3) is 3.32. The lowest BCUT2D eigenvalue weighted by Crippen LogP contribution is -2.59. The number of amides is 1. The Bertz CT molecular complexity index is 864. The second kappa shape index (κ2) is 7.19. The van der Waals surface area contributed by atoms with Crippen molar-refractivity contribution in [2.45, 2.75) is 76.8 Å². The van der Waals surface area contributed by atoms with E-state index in [-0.39, 0.29) is 11.4 Å². The number of rotatable bonds is 6. The number of halogens is 1. The summed E-state index contributed by atoms with van der Waals surface area (Å²) in [5.74, 6) is 2.68. The molecule has 1 aromatic heterocycles. The number of carbonyl (C=O) groups excluding carboxylic acids is 1. The van der Waals surface area contributed by atoms with Gasteiger partial charge in [-0.3, -0.25) is 4.79 Å². The number of benzene rings is 1. The number of aromatic nitrogens is 1. The van der Waals surface area contributed by atoms with E-state index < -0.39 is 0 Å². The van der Waals surface area contributed by atoms with Crippen molar-refractivity contribution >= 4 is 32.7 Å². The molecule has 0 spiro atoms. The summed E-state index contributed by atoms with van der Waals surface area (Å²) in [4.78, 5) is 13.4. The lowest BCUT2D eigenvalue weighted by atomic mass is 9.53. The van der Waals surface area contributed by atoms with Crippen LogP contribution in [0, 0.1) is 17.8 Å². The summed E-state index contributed by atoms with van der Waals surface area (Å²) in [7, 11) is 0. The molecule has 150 valence electrons. The van der Waals surface area contributed by atoms with E-state index in [1.54, 1.807) is 0 Å². The van der Waals surface area contributed by atoms with E-state index in [1.807, 2.05) is 0 Å². The molecule has 0 radical (unpaired) electrons. The molecule has 0 aliphatic heterocycles. The van der Waals surface area contributed by atoms with Crippen LogP contribution in [-0.2, 0) is 6.54 Å². The van der Waals surface area contributed by atoms with E-state index in [0.717, 1.165) is 46.1 Å². The smallest absolute Gasteiger partial charge is 0.253 e. The average molecular weight is 443 g/mol. The predicted molar refractivity (Wildman–Crippen MR) is 118 cm³/mol. The molecule has 3 nitrogen and oxygen atoms in total. The number of carbonyl (C=O) groups is 1. The number of nitrogens with zero attached hydrogens (tertiary/aromatic N) is 1. The summed E-state index contributed by atoms with van der Waals surface area (Å²) in [6.07, 6.45) is 13.5. The number of hydrogen-bond donors (Lipinski definition) is 1. The summed E-state index contributed by atoms with van der Waals surface area (Å²) in [5, 5.41) is 4.65. The molecule has 0 unspecified atom stereocenters. The van der Waals surface area contributed by atoms with Gasteiger partial charge in [0.1, 0.15) is 0 Å². The molecule has 28 heavy (non-hydrogen) atoms. The maximum Gasteiger partial charge on any atom is 0.253 e. The summed E-state index contributed by atoms with van der Waals surface area (Å²) < 4.78 is 3.35. The van der Waals surface area contributed by atoms with E-state index in [2.05, 4.69) is 57.1 Å². The second-order valence-corrected chi connectivity index (χ2v) is 10.7.